The van der Waals surface area contributed by atoms with E-state index in [9.17, 15) is 9.18 Å². The van der Waals surface area contributed by atoms with Gasteiger partial charge in [0.15, 0.2) is 0 Å². The number of halogens is 1. The summed E-state index contributed by atoms with van der Waals surface area (Å²) in [6.07, 6.45) is 1.28. The molecule has 1 rings (SSSR count). The molecule has 0 amide bonds. The minimum absolute atomic E-state index is 0.0614. The molecule has 0 aliphatic heterocycles. The van der Waals surface area contributed by atoms with Crippen LogP contribution < -0.4 is 0 Å². The lowest BCUT2D eigenvalue weighted by molar-refractivity contribution is 0.0697. The van der Waals surface area contributed by atoms with Crippen molar-refractivity contribution in [2.24, 2.45) is 0 Å². The number of hydrogen-bond acceptors (Lipinski definition) is 1. The summed E-state index contributed by atoms with van der Waals surface area (Å²) in [7, 11) is 0. The zero-order chi connectivity index (χ0) is 9.14. The van der Waals surface area contributed by atoms with Gasteiger partial charge in [0.1, 0.15) is 5.82 Å². The molecule has 0 aliphatic carbocycles. The van der Waals surface area contributed by atoms with Gasteiger partial charge in [-0.25, -0.2) is 9.18 Å². The molecule has 0 bridgehead atoms. The van der Waals surface area contributed by atoms with Gasteiger partial charge in [-0.3, -0.25) is 0 Å². The first-order chi connectivity index (χ1) is 5.65. The molecule has 12 heavy (non-hydrogen) atoms. The summed E-state index contributed by atoms with van der Waals surface area (Å²) in [5, 5.41) is 8.54. The summed E-state index contributed by atoms with van der Waals surface area (Å²) in [6, 6.07) is 3.57. The average molecular weight is 166 g/mol. The number of aromatic carboxylic acids is 1. The first kappa shape index (κ1) is 8.46. The number of carboxylic acid groups (broad SMARTS) is 1. The second-order valence-electron chi connectivity index (χ2n) is 2.25. The minimum Gasteiger partial charge on any atom is -0.478 e. The molecule has 1 N–H and O–H groups in total. The largest absolute Gasteiger partial charge is 0.478 e. The van der Waals surface area contributed by atoms with E-state index in [0.29, 0.717) is 0 Å². The topological polar surface area (TPSA) is 37.3 Å². The van der Waals surface area contributed by atoms with E-state index in [-0.39, 0.29) is 11.1 Å². The van der Waals surface area contributed by atoms with Gasteiger partial charge in [-0.2, -0.15) is 0 Å². The Labute approximate surface area is 69.0 Å². The van der Waals surface area contributed by atoms with Crippen molar-refractivity contribution in [3.05, 3.63) is 41.7 Å². The minimum atomic E-state index is -1.07. The summed E-state index contributed by atoms with van der Waals surface area (Å²) < 4.78 is 12.8. The van der Waals surface area contributed by atoms with Crippen molar-refractivity contribution >= 4 is 12.0 Å². The van der Waals surface area contributed by atoms with Crippen LogP contribution in [0.3, 0.4) is 0 Å². The van der Waals surface area contributed by atoms with Crippen molar-refractivity contribution in [3.8, 4) is 0 Å². The molecule has 3 heteroatoms. The lowest BCUT2D eigenvalue weighted by Gasteiger charge is -1.97. The van der Waals surface area contributed by atoms with Crippen LogP contribution >= 0.6 is 0 Å². The van der Waals surface area contributed by atoms with Gasteiger partial charge in [0.05, 0.1) is 5.56 Å². The van der Waals surface area contributed by atoms with E-state index < -0.39 is 11.8 Å². The Hall–Kier alpha value is -1.64. The van der Waals surface area contributed by atoms with E-state index in [1.165, 1.54) is 18.2 Å². The fourth-order valence-electron chi connectivity index (χ4n) is 0.833. The maximum absolute atomic E-state index is 12.8. The average Bonchev–Trinajstić information content (AvgIpc) is 2.05. The molecule has 0 heterocycles. The van der Waals surface area contributed by atoms with E-state index in [1.807, 2.05) is 0 Å². The molecule has 0 aromatic heterocycles. The van der Waals surface area contributed by atoms with E-state index >= 15 is 0 Å². The molecule has 2 nitrogen and oxygen atoms in total. The number of carboxylic acids is 1. The molecule has 0 spiro atoms. The molecular formula is C9H7FO2. The molecule has 0 saturated heterocycles. The number of hydrogen-bond donors (Lipinski definition) is 1. The summed E-state index contributed by atoms with van der Waals surface area (Å²) >= 11 is 0. The van der Waals surface area contributed by atoms with Gasteiger partial charge in [0.2, 0.25) is 0 Å². The second-order valence-corrected chi connectivity index (χ2v) is 2.25. The van der Waals surface area contributed by atoms with Crippen molar-refractivity contribution in [1.29, 1.82) is 0 Å². The Bertz CT molecular complexity index is 331. The third-order valence-electron chi connectivity index (χ3n) is 1.46. The van der Waals surface area contributed by atoms with Crippen molar-refractivity contribution in [2.45, 2.75) is 0 Å². The predicted molar refractivity (Wildman–Crippen MR) is 43.5 cm³/mol. The monoisotopic (exact) mass is 166 g/mol. The molecule has 0 unspecified atom stereocenters. The molecule has 0 radical (unpaired) electrons. The normalized spacial score (nSPS) is 9.42. The standard InChI is InChI=1S/C9H7FO2/c1-2-6-5-7(9(11)12)3-4-8(6)10/h2-5H,1H2,(H,11,12). The van der Waals surface area contributed by atoms with Crippen LogP contribution in [0.5, 0.6) is 0 Å². The molecule has 0 aliphatic rings. The highest BCUT2D eigenvalue weighted by Crippen LogP contribution is 2.11. The van der Waals surface area contributed by atoms with E-state index in [2.05, 4.69) is 6.58 Å². The Morgan fingerprint density at radius 3 is 2.75 bits per heavy atom. The van der Waals surface area contributed by atoms with Crippen LogP contribution in [0.25, 0.3) is 6.08 Å². The summed E-state index contributed by atoms with van der Waals surface area (Å²) in [5.41, 5.74) is 0.265. The predicted octanol–water partition coefficient (Wildman–Crippen LogP) is 2.17. The Morgan fingerprint density at radius 2 is 2.25 bits per heavy atom. The van der Waals surface area contributed by atoms with Crippen LogP contribution in [0.2, 0.25) is 0 Å². The third kappa shape index (κ3) is 1.50. The van der Waals surface area contributed by atoms with Crippen LogP contribution in [0.4, 0.5) is 4.39 Å². The van der Waals surface area contributed by atoms with Gasteiger partial charge < -0.3 is 5.11 Å². The number of rotatable bonds is 2. The fourth-order valence-corrected chi connectivity index (χ4v) is 0.833. The van der Waals surface area contributed by atoms with Gasteiger partial charge in [-0.1, -0.05) is 12.7 Å². The summed E-state index contributed by atoms with van der Waals surface area (Å²) in [6.45, 7) is 3.36. The van der Waals surface area contributed by atoms with Gasteiger partial charge in [-0.15, -0.1) is 0 Å². The van der Waals surface area contributed by atoms with Gasteiger partial charge in [-0.05, 0) is 18.2 Å². The van der Waals surface area contributed by atoms with E-state index in [0.717, 1.165) is 6.07 Å². The summed E-state index contributed by atoms with van der Waals surface area (Å²) in [4.78, 5) is 10.4. The lowest BCUT2D eigenvalue weighted by Crippen LogP contribution is -1.97. The second kappa shape index (κ2) is 3.17. The van der Waals surface area contributed by atoms with Crippen molar-refractivity contribution in [1.82, 2.24) is 0 Å². The van der Waals surface area contributed by atoms with Crippen molar-refractivity contribution in [3.63, 3.8) is 0 Å². The molecule has 0 saturated carbocycles. The Kier molecular flexibility index (Phi) is 2.24. The molecule has 0 atom stereocenters. The van der Waals surface area contributed by atoms with Crippen LogP contribution in [-0.4, -0.2) is 11.1 Å². The van der Waals surface area contributed by atoms with E-state index in [4.69, 9.17) is 5.11 Å². The number of benzene rings is 1. The van der Waals surface area contributed by atoms with Gasteiger partial charge in [0, 0.05) is 5.56 Å². The first-order valence-corrected chi connectivity index (χ1v) is 3.30. The van der Waals surface area contributed by atoms with Crippen molar-refractivity contribution < 1.29 is 14.3 Å². The van der Waals surface area contributed by atoms with Crippen LogP contribution in [0, 0.1) is 5.82 Å². The van der Waals surface area contributed by atoms with Gasteiger partial charge in [0.25, 0.3) is 0 Å². The maximum atomic E-state index is 12.8. The lowest BCUT2D eigenvalue weighted by atomic mass is 10.1. The van der Waals surface area contributed by atoms with E-state index in [1.54, 1.807) is 0 Å². The van der Waals surface area contributed by atoms with Crippen LogP contribution in [0.15, 0.2) is 24.8 Å². The van der Waals surface area contributed by atoms with Crippen molar-refractivity contribution in [2.75, 3.05) is 0 Å². The SMILES string of the molecule is C=Cc1cc(C(=O)O)ccc1F. The van der Waals surface area contributed by atoms with Crippen LogP contribution in [-0.2, 0) is 0 Å². The molecule has 62 valence electrons. The molecule has 1 aromatic rings. The quantitative estimate of drug-likeness (QED) is 0.730. The van der Waals surface area contributed by atoms with Crippen LogP contribution in [0.1, 0.15) is 15.9 Å². The Morgan fingerprint density at radius 1 is 1.58 bits per heavy atom. The highest BCUT2D eigenvalue weighted by atomic mass is 19.1. The fraction of sp³-hybridized carbons (Fsp3) is 0. The van der Waals surface area contributed by atoms with Gasteiger partial charge >= 0.3 is 5.97 Å². The zero-order valence-electron chi connectivity index (χ0n) is 6.25. The zero-order valence-corrected chi connectivity index (χ0v) is 6.25. The third-order valence-corrected chi connectivity index (χ3v) is 1.46. The highest BCUT2D eigenvalue weighted by molar-refractivity contribution is 5.88. The highest BCUT2D eigenvalue weighted by Gasteiger charge is 2.05. The molecular weight excluding hydrogens is 159 g/mol. The first-order valence-electron chi connectivity index (χ1n) is 3.30. The summed E-state index contributed by atoms with van der Waals surface area (Å²) in [5.74, 6) is -1.53. The number of carbonyl (C=O) groups is 1. The smallest absolute Gasteiger partial charge is 0.335 e. The maximum Gasteiger partial charge on any atom is 0.335 e. The Balaban J connectivity index is 3.22. The molecule has 0 fully saturated rings. The molecule has 1 aromatic carbocycles.